The molecule has 0 saturated carbocycles. The fraction of sp³-hybridized carbons (Fsp3) is 0.333. The van der Waals surface area contributed by atoms with Crippen LogP contribution in [-0.2, 0) is 4.79 Å². The molecule has 3 aromatic rings. The number of hydrogen-bond donors (Lipinski definition) is 0. The summed E-state index contributed by atoms with van der Waals surface area (Å²) in [6, 6.07) is 7.96. The fourth-order valence-corrected chi connectivity index (χ4v) is 4.32. The Bertz CT molecular complexity index is 1120. The number of carbonyl (C=O) groups is 1. The van der Waals surface area contributed by atoms with Crippen molar-refractivity contribution in [1.29, 1.82) is 0 Å². The van der Waals surface area contributed by atoms with Crippen molar-refractivity contribution < 1.29 is 23.4 Å². The Balaban J connectivity index is 1.90. The molecule has 0 saturated heterocycles. The van der Waals surface area contributed by atoms with E-state index < -0.39 is 0 Å². The van der Waals surface area contributed by atoms with Crippen molar-refractivity contribution in [2.45, 2.75) is 6.42 Å². The molecule has 176 valence electrons. The maximum absolute atomic E-state index is 13.6. The third-order valence-electron chi connectivity index (χ3n) is 4.93. The van der Waals surface area contributed by atoms with Crippen LogP contribution in [0.4, 0.5) is 9.52 Å². The van der Waals surface area contributed by atoms with E-state index in [1.807, 2.05) is 14.1 Å². The van der Waals surface area contributed by atoms with Gasteiger partial charge in [-0.15, -0.1) is 0 Å². The summed E-state index contributed by atoms with van der Waals surface area (Å²) in [6.45, 7) is 1.30. The SMILES string of the molecule is COc1cc(/C=C/C(=O)N(CCCN(C)C)c2nc3ccc(F)cc3s2)cc(OC)c1OC. The number of amides is 1. The molecule has 0 bridgehead atoms. The van der Waals surface area contributed by atoms with Gasteiger partial charge in [0.2, 0.25) is 5.75 Å². The van der Waals surface area contributed by atoms with E-state index in [4.69, 9.17) is 14.2 Å². The van der Waals surface area contributed by atoms with E-state index in [1.54, 1.807) is 43.4 Å². The lowest BCUT2D eigenvalue weighted by atomic mass is 10.1. The molecule has 0 spiro atoms. The van der Waals surface area contributed by atoms with Crippen LogP contribution in [0.2, 0.25) is 0 Å². The molecule has 0 atom stereocenters. The van der Waals surface area contributed by atoms with Crippen LogP contribution in [0, 0.1) is 5.82 Å². The zero-order chi connectivity index (χ0) is 24.0. The number of hydrogen-bond acceptors (Lipinski definition) is 7. The Hall–Kier alpha value is -3.17. The van der Waals surface area contributed by atoms with Crippen molar-refractivity contribution >= 4 is 38.7 Å². The van der Waals surface area contributed by atoms with Crippen molar-refractivity contribution in [2.24, 2.45) is 0 Å². The molecule has 0 radical (unpaired) electrons. The van der Waals surface area contributed by atoms with Crippen molar-refractivity contribution in [3.05, 3.63) is 47.8 Å². The molecule has 0 aliphatic rings. The predicted octanol–water partition coefficient (Wildman–Crippen LogP) is 4.46. The van der Waals surface area contributed by atoms with Crippen LogP contribution in [0.5, 0.6) is 17.2 Å². The van der Waals surface area contributed by atoms with Gasteiger partial charge in [-0.2, -0.15) is 0 Å². The van der Waals surface area contributed by atoms with Gasteiger partial charge >= 0.3 is 0 Å². The van der Waals surface area contributed by atoms with E-state index in [1.165, 1.54) is 36.7 Å². The standard InChI is InChI=1S/C24H28FN3O4S/c1-27(2)11-6-12-28(24-26-18-9-8-17(25)15-21(18)33-24)22(29)10-7-16-13-19(30-3)23(32-5)20(14-16)31-4/h7-10,13-15H,6,11-12H2,1-5H3/b10-7+. The third kappa shape index (κ3) is 6.00. The van der Waals surface area contributed by atoms with Gasteiger partial charge < -0.3 is 19.1 Å². The summed E-state index contributed by atoms with van der Waals surface area (Å²) in [7, 11) is 8.58. The first-order chi connectivity index (χ1) is 15.9. The Kier molecular flexibility index (Phi) is 8.24. The topological polar surface area (TPSA) is 64.1 Å². The van der Waals surface area contributed by atoms with Crippen LogP contribution in [0.15, 0.2) is 36.4 Å². The fourth-order valence-electron chi connectivity index (χ4n) is 3.30. The number of fused-ring (bicyclic) bond motifs is 1. The number of ether oxygens (including phenoxy) is 3. The van der Waals surface area contributed by atoms with Crippen molar-refractivity contribution in [1.82, 2.24) is 9.88 Å². The van der Waals surface area contributed by atoms with Gasteiger partial charge in [0.15, 0.2) is 16.6 Å². The van der Waals surface area contributed by atoms with Gasteiger partial charge in [0.1, 0.15) is 5.82 Å². The lowest BCUT2D eigenvalue weighted by Gasteiger charge is -2.19. The average Bonchev–Trinajstić information content (AvgIpc) is 3.21. The van der Waals surface area contributed by atoms with E-state index in [0.29, 0.717) is 39.1 Å². The summed E-state index contributed by atoms with van der Waals surface area (Å²) in [5, 5.41) is 0.536. The maximum atomic E-state index is 13.6. The highest BCUT2D eigenvalue weighted by molar-refractivity contribution is 7.22. The smallest absolute Gasteiger partial charge is 0.252 e. The van der Waals surface area contributed by atoms with Crippen molar-refractivity contribution in [3.63, 3.8) is 0 Å². The van der Waals surface area contributed by atoms with Crippen molar-refractivity contribution in [2.75, 3.05) is 53.4 Å². The summed E-state index contributed by atoms with van der Waals surface area (Å²) in [5.41, 5.74) is 1.38. The van der Waals surface area contributed by atoms with Gasteiger partial charge in [0.25, 0.3) is 5.91 Å². The highest BCUT2D eigenvalue weighted by Crippen LogP contribution is 2.38. The second kappa shape index (κ2) is 11.1. The number of rotatable bonds is 10. The van der Waals surface area contributed by atoms with Crippen LogP contribution >= 0.6 is 11.3 Å². The molecule has 33 heavy (non-hydrogen) atoms. The number of anilines is 1. The zero-order valence-electron chi connectivity index (χ0n) is 19.4. The van der Waals surface area contributed by atoms with E-state index in [9.17, 15) is 9.18 Å². The zero-order valence-corrected chi connectivity index (χ0v) is 20.2. The first kappa shape index (κ1) is 24.5. The summed E-state index contributed by atoms with van der Waals surface area (Å²) < 4.78 is 30.5. The molecule has 1 heterocycles. The van der Waals surface area contributed by atoms with E-state index in [2.05, 4.69) is 9.88 Å². The number of nitrogens with zero attached hydrogens (tertiary/aromatic N) is 3. The molecule has 1 amide bonds. The van der Waals surface area contributed by atoms with Gasteiger partial charge in [-0.3, -0.25) is 9.69 Å². The Morgan fingerprint density at radius 2 is 1.76 bits per heavy atom. The Labute approximate surface area is 197 Å². The predicted molar refractivity (Wildman–Crippen MR) is 130 cm³/mol. The van der Waals surface area contributed by atoms with Gasteiger partial charge in [0.05, 0.1) is 31.5 Å². The lowest BCUT2D eigenvalue weighted by Crippen LogP contribution is -2.32. The molecule has 9 heteroatoms. The second-order valence-corrected chi connectivity index (χ2v) is 8.56. The molecule has 0 unspecified atom stereocenters. The molecule has 2 aromatic carbocycles. The molecular weight excluding hydrogens is 445 g/mol. The summed E-state index contributed by atoms with van der Waals surface area (Å²) in [6.07, 6.45) is 3.95. The van der Waals surface area contributed by atoms with Crippen LogP contribution in [0.3, 0.4) is 0 Å². The number of benzene rings is 2. The first-order valence-electron chi connectivity index (χ1n) is 10.4. The normalized spacial score (nSPS) is 11.4. The summed E-state index contributed by atoms with van der Waals surface area (Å²) in [4.78, 5) is 21.4. The molecule has 0 aliphatic carbocycles. The van der Waals surface area contributed by atoms with Crippen LogP contribution < -0.4 is 19.1 Å². The monoisotopic (exact) mass is 473 g/mol. The minimum absolute atomic E-state index is 0.220. The van der Waals surface area contributed by atoms with Crippen molar-refractivity contribution in [3.8, 4) is 17.2 Å². The number of aromatic nitrogens is 1. The highest BCUT2D eigenvalue weighted by Gasteiger charge is 2.19. The first-order valence-corrected chi connectivity index (χ1v) is 11.2. The Morgan fingerprint density at radius 1 is 1.06 bits per heavy atom. The largest absolute Gasteiger partial charge is 0.493 e. The van der Waals surface area contributed by atoms with E-state index >= 15 is 0 Å². The quantitative estimate of drug-likeness (QED) is 0.405. The van der Waals surface area contributed by atoms with Gasteiger partial charge in [-0.05, 0) is 69.0 Å². The molecule has 0 aliphatic heterocycles. The highest BCUT2D eigenvalue weighted by atomic mass is 32.1. The number of halogens is 1. The third-order valence-corrected chi connectivity index (χ3v) is 5.97. The minimum Gasteiger partial charge on any atom is -0.493 e. The molecule has 3 rings (SSSR count). The summed E-state index contributed by atoms with van der Waals surface area (Å²) in [5.74, 6) is 0.933. The molecule has 0 N–H and O–H groups in total. The maximum Gasteiger partial charge on any atom is 0.252 e. The number of carbonyl (C=O) groups excluding carboxylic acids is 1. The molecule has 7 nitrogen and oxygen atoms in total. The van der Waals surface area contributed by atoms with Gasteiger partial charge in [0, 0.05) is 12.6 Å². The van der Waals surface area contributed by atoms with Crippen LogP contribution in [0.25, 0.3) is 16.3 Å². The van der Waals surface area contributed by atoms with Gasteiger partial charge in [-0.1, -0.05) is 11.3 Å². The lowest BCUT2D eigenvalue weighted by molar-refractivity contribution is -0.114. The number of methoxy groups -OCH3 is 3. The molecule has 0 fully saturated rings. The number of thiazole rings is 1. The second-order valence-electron chi connectivity index (χ2n) is 7.55. The van der Waals surface area contributed by atoms with Crippen LogP contribution in [-0.4, -0.2) is 64.3 Å². The summed E-state index contributed by atoms with van der Waals surface area (Å²) >= 11 is 1.30. The van der Waals surface area contributed by atoms with Gasteiger partial charge in [-0.25, -0.2) is 9.37 Å². The average molecular weight is 474 g/mol. The Morgan fingerprint density at radius 3 is 2.36 bits per heavy atom. The molecule has 1 aromatic heterocycles. The molecular formula is C24H28FN3O4S. The van der Waals surface area contributed by atoms with Crippen LogP contribution in [0.1, 0.15) is 12.0 Å². The minimum atomic E-state index is -0.328. The van der Waals surface area contributed by atoms with E-state index in [0.717, 1.165) is 18.5 Å². The van der Waals surface area contributed by atoms with E-state index in [-0.39, 0.29) is 11.7 Å².